The molecule has 0 radical (unpaired) electrons. The van der Waals surface area contributed by atoms with Crippen molar-refractivity contribution in [1.82, 2.24) is 15.1 Å². The highest BCUT2D eigenvalue weighted by Gasteiger charge is 2.23. The third-order valence-electron chi connectivity index (χ3n) is 5.55. The van der Waals surface area contributed by atoms with Crippen molar-refractivity contribution in [2.75, 3.05) is 27.2 Å². The van der Waals surface area contributed by atoms with E-state index in [1.54, 1.807) is 27.2 Å². The zero-order valence-electron chi connectivity index (χ0n) is 16.9. The number of benzene rings is 2. The highest BCUT2D eigenvalue weighted by Crippen LogP contribution is 2.26. The summed E-state index contributed by atoms with van der Waals surface area (Å²) in [6.07, 6.45) is 1.73. The summed E-state index contributed by atoms with van der Waals surface area (Å²) in [5, 5.41) is 14.4. The van der Waals surface area contributed by atoms with Crippen molar-refractivity contribution in [3.8, 4) is 5.75 Å². The molecule has 0 bridgehead atoms. The van der Waals surface area contributed by atoms with Gasteiger partial charge in [0, 0.05) is 49.3 Å². The molecule has 2 amide bonds. The monoisotopic (exact) mass is 409 g/mol. The first-order valence-corrected chi connectivity index (χ1v) is 10.8. The molecule has 0 fully saturated rings. The third-order valence-corrected chi connectivity index (χ3v) is 6.73. The van der Waals surface area contributed by atoms with Crippen LogP contribution in [0.4, 0.5) is 4.79 Å². The van der Waals surface area contributed by atoms with E-state index >= 15 is 0 Å². The van der Waals surface area contributed by atoms with Crippen LogP contribution in [-0.4, -0.2) is 54.2 Å². The molecular weight excluding hydrogens is 382 g/mol. The zero-order chi connectivity index (χ0) is 20.4. The zero-order valence-corrected chi connectivity index (χ0v) is 17.7. The van der Waals surface area contributed by atoms with Crippen molar-refractivity contribution in [3.63, 3.8) is 0 Å². The van der Waals surface area contributed by atoms with Crippen LogP contribution in [0.2, 0.25) is 0 Å². The second-order valence-corrected chi connectivity index (χ2v) is 8.99. The molecule has 1 aliphatic rings. The first-order valence-electron chi connectivity index (χ1n) is 9.97. The summed E-state index contributed by atoms with van der Waals surface area (Å²) in [7, 11) is 3.74. The van der Waals surface area contributed by atoms with Crippen LogP contribution in [0.25, 0.3) is 10.1 Å². The molecule has 0 aliphatic carbocycles. The summed E-state index contributed by atoms with van der Waals surface area (Å²) in [6, 6.07) is 16.4. The Kier molecular flexibility index (Phi) is 5.74. The van der Waals surface area contributed by atoms with Gasteiger partial charge in [-0.25, -0.2) is 4.79 Å². The van der Waals surface area contributed by atoms with Gasteiger partial charge in [0.15, 0.2) is 0 Å². The third kappa shape index (κ3) is 4.54. The quantitative estimate of drug-likeness (QED) is 0.673. The van der Waals surface area contributed by atoms with Crippen LogP contribution in [0.1, 0.15) is 16.0 Å². The van der Waals surface area contributed by atoms with Crippen molar-refractivity contribution in [2.24, 2.45) is 0 Å². The van der Waals surface area contributed by atoms with Crippen LogP contribution >= 0.6 is 11.3 Å². The molecule has 29 heavy (non-hydrogen) atoms. The fourth-order valence-electron chi connectivity index (χ4n) is 3.93. The molecule has 0 spiro atoms. The predicted octanol–water partition coefficient (Wildman–Crippen LogP) is 3.85. The molecule has 1 aliphatic heterocycles. The van der Waals surface area contributed by atoms with Gasteiger partial charge in [0.25, 0.3) is 0 Å². The molecule has 1 aromatic heterocycles. The van der Waals surface area contributed by atoms with Crippen LogP contribution in [-0.2, 0) is 19.4 Å². The average Bonchev–Trinajstić information content (AvgIpc) is 3.14. The summed E-state index contributed by atoms with van der Waals surface area (Å²) in [4.78, 5) is 17.7. The number of rotatable bonds is 5. The number of phenols is 1. The minimum Gasteiger partial charge on any atom is -0.508 e. The van der Waals surface area contributed by atoms with E-state index in [0.29, 0.717) is 18.8 Å². The SMILES string of the molecule is CN(CCc1cc2ccccc2s1)C(=O)N(C)C[C@@H]1Cc2ccc(O)cc2CN1. The van der Waals surface area contributed by atoms with Gasteiger partial charge in [-0.2, -0.15) is 0 Å². The number of urea groups is 1. The number of aromatic hydroxyl groups is 1. The Balaban J connectivity index is 1.29. The lowest BCUT2D eigenvalue weighted by molar-refractivity contribution is 0.168. The number of carbonyl (C=O) groups excluding carboxylic acids is 1. The predicted molar refractivity (Wildman–Crippen MR) is 119 cm³/mol. The second kappa shape index (κ2) is 8.43. The molecular formula is C23H27N3O2S. The number of nitrogens with one attached hydrogen (secondary N) is 1. The Hall–Kier alpha value is -2.57. The van der Waals surface area contributed by atoms with Gasteiger partial charge in [-0.1, -0.05) is 24.3 Å². The summed E-state index contributed by atoms with van der Waals surface area (Å²) < 4.78 is 1.30. The van der Waals surface area contributed by atoms with Gasteiger partial charge in [-0.05, 0) is 53.6 Å². The molecule has 152 valence electrons. The largest absolute Gasteiger partial charge is 0.508 e. The van der Waals surface area contributed by atoms with Gasteiger partial charge >= 0.3 is 6.03 Å². The number of phenolic OH excluding ortho intramolecular Hbond substituents is 1. The van der Waals surface area contributed by atoms with Gasteiger partial charge in [0.05, 0.1) is 0 Å². The first kappa shape index (κ1) is 19.7. The van der Waals surface area contributed by atoms with Gasteiger partial charge in [0.2, 0.25) is 0 Å². The molecule has 2 heterocycles. The van der Waals surface area contributed by atoms with E-state index in [-0.39, 0.29) is 12.1 Å². The number of likely N-dealkylation sites (N-methyl/N-ethyl adjacent to an activating group) is 2. The van der Waals surface area contributed by atoms with Crippen LogP contribution < -0.4 is 5.32 Å². The van der Waals surface area contributed by atoms with Crippen LogP contribution in [0.15, 0.2) is 48.5 Å². The number of thiophene rings is 1. The second-order valence-electron chi connectivity index (χ2n) is 7.82. The fourth-order valence-corrected chi connectivity index (χ4v) is 4.98. The van der Waals surface area contributed by atoms with Crippen molar-refractivity contribution in [2.45, 2.75) is 25.4 Å². The fraction of sp³-hybridized carbons (Fsp3) is 0.348. The Bertz CT molecular complexity index is 983. The molecule has 5 nitrogen and oxygen atoms in total. The van der Waals surface area contributed by atoms with Gasteiger partial charge in [-0.3, -0.25) is 0 Å². The van der Waals surface area contributed by atoms with E-state index < -0.39 is 0 Å². The summed E-state index contributed by atoms with van der Waals surface area (Å²) in [5.41, 5.74) is 2.38. The van der Waals surface area contributed by atoms with E-state index in [0.717, 1.165) is 24.9 Å². The van der Waals surface area contributed by atoms with E-state index in [1.807, 2.05) is 26.2 Å². The van der Waals surface area contributed by atoms with Crippen LogP contribution in [0.5, 0.6) is 5.75 Å². The van der Waals surface area contributed by atoms with Crippen LogP contribution in [0, 0.1) is 0 Å². The normalized spacial score (nSPS) is 15.9. The summed E-state index contributed by atoms with van der Waals surface area (Å²) in [5.74, 6) is 0.302. The minimum absolute atomic E-state index is 0.0458. The average molecular weight is 410 g/mol. The maximum Gasteiger partial charge on any atom is 0.319 e. The van der Waals surface area contributed by atoms with Gasteiger partial charge < -0.3 is 20.2 Å². The summed E-state index contributed by atoms with van der Waals surface area (Å²) >= 11 is 1.80. The standard InChI is InChI=1S/C23H27N3O2S/c1-25(10-9-21-13-17-5-3-4-6-22(17)29-21)23(28)26(2)15-19-11-16-7-8-20(27)12-18(16)14-24-19/h3-8,12-13,19,24,27H,9-11,14-15H2,1-2H3/t19-/m0/s1. The molecule has 1 atom stereocenters. The Morgan fingerprint density at radius 3 is 2.79 bits per heavy atom. The highest BCUT2D eigenvalue weighted by atomic mass is 32.1. The van der Waals surface area contributed by atoms with Crippen molar-refractivity contribution in [3.05, 3.63) is 64.5 Å². The maximum absolute atomic E-state index is 12.8. The van der Waals surface area contributed by atoms with E-state index in [2.05, 4.69) is 35.6 Å². The lowest BCUT2D eigenvalue weighted by Gasteiger charge is -2.32. The van der Waals surface area contributed by atoms with E-state index in [4.69, 9.17) is 0 Å². The number of amides is 2. The molecule has 0 unspecified atom stereocenters. The number of nitrogens with zero attached hydrogens (tertiary/aromatic N) is 2. The number of fused-ring (bicyclic) bond motifs is 2. The van der Waals surface area contributed by atoms with Crippen molar-refractivity contribution < 1.29 is 9.90 Å². The minimum atomic E-state index is 0.0458. The maximum atomic E-state index is 12.8. The van der Waals surface area contributed by atoms with E-state index in [1.165, 1.54) is 20.5 Å². The molecule has 4 rings (SSSR count). The van der Waals surface area contributed by atoms with Gasteiger partial charge in [0.1, 0.15) is 5.75 Å². The number of carbonyl (C=O) groups is 1. The number of hydrogen-bond acceptors (Lipinski definition) is 4. The summed E-state index contributed by atoms with van der Waals surface area (Å²) in [6.45, 7) is 2.08. The lowest BCUT2D eigenvalue weighted by atomic mass is 9.95. The van der Waals surface area contributed by atoms with E-state index in [9.17, 15) is 9.90 Å². The first-order chi connectivity index (χ1) is 14.0. The smallest absolute Gasteiger partial charge is 0.319 e. The van der Waals surface area contributed by atoms with Crippen molar-refractivity contribution in [1.29, 1.82) is 0 Å². The van der Waals surface area contributed by atoms with Gasteiger partial charge in [-0.15, -0.1) is 11.3 Å². The molecule has 0 saturated heterocycles. The Labute approximate surface area is 175 Å². The lowest BCUT2D eigenvalue weighted by Crippen LogP contribution is -2.48. The molecule has 2 N–H and O–H groups in total. The number of hydrogen-bond donors (Lipinski definition) is 2. The highest BCUT2D eigenvalue weighted by molar-refractivity contribution is 7.19. The topological polar surface area (TPSA) is 55.8 Å². The van der Waals surface area contributed by atoms with Crippen molar-refractivity contribution >= 4 is 27.5 Å². The Morgan fingerprint density at radius 2 is 1.97 bits per heavy atom. The molecule has 3 aromatic rings. The molecule has 2 aromatic carbocycles. The molecule has 6 heteroatoms. The Morgan fingerprint density at radius 1 is 1.14 bits per heavy atom. The molecule has 0 saturated carbocycles. The van der Waals surface area contributed by atoms with Crippen LogP contribution in [0.3, 0.4) is 0 Å².